The Morgan fingerprint density at radius 1 is 1.14 bits per heavy atom. The summed E-state index contributed by atoms with van der Waals surface area (Å²) in [5.74, 6) is 1.09. The average Bonchev–Trinajstić information content (AvgIpc) is 2.71. The molecule has 21 heavy (non-hydrogen) atoms. The molecular formula is C14H20N2O4S. The van der Waals surface area contributed by atoms with Crippen molar-refractivity contribution < 1.29 is 17.9 Å². The molecule has 1 atom stereocenters. The van der Waals surface area contributed by atoms with Crippen LogP contribution in [0.3, 0.4) is 0 Å². The third-order valence-electron chi connectivity index (χ3n) is 3.78. The van der Waals surface area contributed by atoms with Crippen molar-refractivity contribution in [1.82, 2.24) is 4.31 Å². The summed E-state index contributed by atoms with van der Waals surface area (Å²) in [6, 6.07) is 4.70. The van der Waals surface area contributed by atoms with Crippen LogP contribution >= 0.6 is 0 Å². The van der Waals surface area contributed by atoms with Crippen molar-refractivity contribution in [2.45, 2.75) is 30.2 Å². The highest BCUT2D eigenvalue weighted by Gasteiger charge is 2.29. The van der Waals surface area contributed by atoms with Crippen LogP contribution in [0, 0.1) is 0 Å². The second kappa shape index (κ2) is 5.82. The molecule has 0 saturated carbocycles. The molecule has 6 nitrogen and oxygen atoms in total. The zero-order valence-electron chi connectivity index (χ0n) is 11.8. The number of ether oxygens (including phenoxy) is 2. The second-order valence-corrected chi connectivity index (χ2v) is 7.36. The monoisotopic (exact) mass is 312 g/mol. The quantitative estimate of drug-likeness (QED) is 0.879. The van der Waals surface area contributed by atoms with Crippen molar-refractivity contribution in [3.05, 3.63) is 18.2 Å². The van der Waals surface area contributed by atoms with E-state index in [-0.39, 0.29) is 10.9 Å². The SMILES string of the molecule is NC1CCCN(S(=O)(=O)c2ccc3c(c2)OCCCO3)C1. The van der Waals surface area contributed by atoms with E-state index >= 15 is 0 Å². The molecule has 7 heteroatoms. The van der Waals surface area contributed by atoms with Gasteiger partial charge in [-0.05, 0) is 25.0 Å². The summed E-state index contributed by atoms with van der Waals surface area (Å²) >= 11 is 0. The summed E-state index contributed by atoms with van der Waals surface area (Å²) in [6.07, 6.45) is 2.45. The van der Waals surface area contributed by atoms with Gasteiger partial charge in [0, 0.05) is 31.6 Å². The molecule has 2 N–H and O–H groups in total. The summed E-state index contributed by atoms with van der Waals surface area (Å²) in [5.41, 5.74) is 5.88. The molecule has 1 aromatic carbocycles. The zero-order chi connectivity index (χ0) is 14.9. The third kappa shape index (κ3) is 3.00. The minimum absolute atomic E-state index is 0.0889. The van der Waals surface area contributed by atoms with E-state index in [0.717, 1.165) is 19.3 Å². The lowest BCUT2D eigenvalue weighted by atomic mass is 10.1. The maximum absolute atomic E-state index is 12.7. The summed E-state index contributed by atoms with van der Waals surface area (Å²) in [6.45, 7) is 2.01. The third-order valence-corrected chi connectivity index (χ3v) is 5.64. The van der Waals surface area contributed by atoms with Crippen molar-refractivity contribution in [2.24, 2.45) is 5.73 Å². The van der Waals surface area contributed by atoms with Gasteiger partial charge in [0.05, 0.1) is 18.1 Å². The Kier molecular flexibility index (Phi) is 4.05. The predicted octanol–water partition coefficient (Wildman–Crippen LogP) is 0.960. The molecule has 1 unspecified atom stereocenters. The fourth-order valence-electron chi connectivity index (χ4n) is 2.65. The van der Waals surface area contributed by atoms with Crippen LogP contribution in [-0.4, -0.2) is 45.1 Å². The minimum atomic E-state index is -3.52. The van der Waals surface area contributed by atoms with Crippen LogP contribution in [0.5, 0.6) is 11.5 Å². The molecule has 2 aliphatic rings. The molecule has 2 heterocycles. The molecule has 2 aliphatic heterocycles. The molecule has 1 fully saturated rings. The zero-order valence-corrected chi connectivity index (χ0v) is 12.6. The number of nitrogens with zero attached hydrogens (tertiary/aromatic N) is 1. The molecule has 0 radical (unpaired) electrons. The number of nitrogens with two attached hydrogens (primary N) is 1. The van der Waals surface area contributed by atoms with Crippen molar-refractivity contribution in [2.75, 3.05) is 26.3 Å². The molecule has 0 bridgehead atoms. The second-order valence-electron chi connectivity index (χ2n) is 5.42. The normalized spacial score (nSPS) is 23.6. The van der Waals surface area contributed by atoms with E-state index in [1.54, 1.807) is 18.2 Å². The molecule has 0 amide bonds. The van der Waals surface area contributed by atoms with Crippen LogP contribution in [0.2, 0.25) is 0 Å². The van der Waals surface area contributed by atoms with E-state index in [1.807, 2.05) is 0 Å². The molecule has 0 aromatic heterocycles. The molecule has 3 rings (SSSR count). The first kappa shape index (κ1) is 14.6. The van der Waals surface area contributed by atoms with Gasteiger partial charge < -0.3 is 15.2 Å². The number of benzene rings is 1. The van der Waals surface area contributed by atoms with Crippen LogP contribution in [0.1, 0.15) is 19.3 Å². The van der Waals surface area contributed by atoms with Gasteiger partial charge in [0.25, 0.3) is 0 Å². The van der Waals surface area contributed by atoms with Gasteiger partial charge in [0.15, 0.2) is 11.5 Å². The number of fused-ring (bicyclic) bond motifs is 1. The molecule has 1 saturated heterocycles. The van der Waals surface area contributed by atoms with E-state index in [2.05, 4.69) is 0 Å². The molecule has 1 aromatic rings. The Morgan fingerprint density at radius 2 is 1.90 bits per heavy atom. The van der Waals surface area contributed by atoms with Crippen molar-refractivity contribution in [3.63, 3.8) is 0 Å². The smallest absolute Gasteiger partial charge is 0.243 e. The van der Waals surface area contributed by atoms with Gasteiger partial charge in [-0.15, -0.1) is 0 Å². The Hall–Kier alpha value is -1.31. The molecule has 0 aliphatic carbocycles. The fraction of sp³-hybridized carbons (Fsp3) is 0.571. The lowest BCUT2D eigenvalue weighted by Crippen LogP contribution is -2.45. The van der Waals surface area contributed by atoms with Gasteiger partial charge >= 0.3 is 0 Å². The first-order valence-electron chi connectivity index (χ1n) is 7.23. The number of piperidine rings is 1. The summed E-state index contributed by atoms with van der Waals surface area (Å²) in [4.78, 5) is 0.237. The molecule has 0 spiro atoms. The Labute approximate surface area is 124 Å². The highest BCUT2D eigenvalue weighted by Crippen LogP contribution is 2.33. The highest BCUT2D eigenvalue weighted by atomic mass is 32.2. The van der Waals surface area contributed by atoms with Gasteiger partial charge in [-0.2, -0.15) is 4.31 Å². The van der Waals surface area contributed by atoms with Gasteiger partial charge in [-0.3, -0.25) is 0 Å². The van der Waals surface area contributed by atoms with Crippen molar-refractivity contribution >= 4 is 10.0 Å². The lowest BCUT2D eigenvalue weighted by molar-refractivity contribution is 0.296. The fourth-order valence-corrected chi connectivity index (χ4v) is 4.20. The van der Waals surface area contributed by atoms with Crippen LogP contribution in [-0.2, 0) is 10.0 Å². The largest absolute Gasteiger partial charge is 0.490 e. The Bertz CT molecular complexity index is 617. The maximum atomic E-state index is 12.7. The highest BCUT2D eigenvalue weighted by molar-refractivity contribution is 7.89. The number of rotatable bonds is 2. The lowest BCUT2D eigenvalue weighted by Gasteiger charge is -2.30. The predicted molar refractivity (Wildman–Crippen MR) is 78.0 cm³/mol. The number of hydrogen-bond acceptors (Lipinski definition) is 5. The van der Waals surface area contributed by atoms with Gasteiger partial charge in [0.2, 0.25) is 10.0 Å². The van der Waals surface area contributed by atoms with Crippen molar-refractivity contribution in [3.8, 4) is 11.5 Å². The number of hydrogen-bond donors (Lipinski definition) is 1. The maximum Gasteiger partial charge on any atom is 0.243 e. The standard InChI is InChI=1S/C14H20N2O4S/c15-11-3-1-6-16(10-11)21(17,18)12-4-5-13-14(9-12)20-8-2-7-19-13/h4-5,9,11H,1-3,6-8,10,15H2. The molecular weight excluding hydrogens is 292 g/mol. The Balaban J connectivity index is 1.90. The summed E-state index contributed by atoms with van der Waals surface area (Å²) in [7, 11) is -3.52. The van der Waals surface area contributed by atoms with Gasteiger partial charge in [0.1, 0.15) is 0 Å². The van der Waals surface area contributed by atoms with Gasteiger partial charge in [-0.25, -0.2) is 8.42 Å². The van der Waals surface area contributed by atoms with E-state index in [9.17, 15) is 8.42 Å². The summed E-state index contributed by atoms with van der Waals surface area (Å²) < 4.78 is 37.9. The van der Waals surface area contributed by atoms with Gasteiger partial charge in [-0.1, -0.05) is 0 Å². The average molecular weight is 312 g/mol. The van der Waals surface area contributed by atoms with E-state index in [1.165, 1.54) is 4.31 Å². The van der Waals surface area contributed by atoms with Crippen molar-refractivity contribution in [1.29, 1.82) is 0 Å². The topological polar surface area (TPSA) is 81.9 Å². The number of sulfonamides is 1. The summed E-state index contributed by atoms with van der Waals surface area (Å²) in [5, 5.41) is 0. The molecule has 116 valence electrons. The van der Waals surface area contributed by atoms with E-state index in [4.69, 9.17) is 15.2 Å². The van der Waals surface area contributed by atoms with Crippen LogP contribution in [0.4, 0.5) is 0 Å². The first-order valence-corrected chi connectivity index (χ1v) is 8.67. The van der Waals surface area contributed by atoms with Crippen LogP contribution in [0.15, 0.2) is 23.1 Å². The van der Waals surface area contributed by atoms with E-state index in [0.29, 0.717) is 37.8 Å². The minimum Gasteiger partial charge on any atom is -0.490 e. The van der Waals surface area contributed by atoms with Crippen LogP contribution in [0.25, 0.3) is 0 Å². The van der Waals surface area contributed by atoms with Crippen LogP contribution < -0.4 is 15.2 Å². The first-order chi connectivity index (χ1) is 10.1. The van der Waals surface area contributed by atoms with E-state index < -0.39 is 10.0 Å². The Morgan fingerprint density at radius 3 is 2.67 bits per heavy atom.